The number of aryl methyl sites for hydroxylation is 1. The van der Waals surface area contributed by atoms with Crippen LogP contribution >= 0.6 is 0 Å². The van der Waals surface area contributed by atoms with Crippen molar-refractivity contribution < 1.29 is 14.7 Å². The molecule has 1 saturated heterocycles. The number of carbonyl (C=O) groups is 1. The lowest BCUT2D eigenvalue weighted by Crippen LogP contribution is -2.50. The Bertz CT molecular complexity index is 470. The van der Waals surface area contributed by atoms with Crippen LogP contribution in [0.15, 0.2) is 17.7 Å². The SMILES string of the molecule is Cn1cncc1C(=O)N1CCOC(/C(N)=N/O)C1. The van der Waals surface area contributed by atoms with Crippen molar-refractivity contribution in [1.82, 2.24) is 14.5 Å². The molecule has 1 unspecified atom stereocenters. The molecule has 1 aromatic rings. The van der Waals surface area contributed by atoms with E-state index in [4.69, 9.17) is 15.7 Å². The highest BCUT2D eigenvalue weighted by Gasteiger charge is 2.28. The van der Waals surface area contributed by atoms with Crippen LogP contribution in [0.2, 0.25) is 0 Å². The molecule has 0 aromatic carbocycles. The van der Waals surface area contributed by atoms with Crippen LogP contribution in [-0.2, 0) is 11.8 Å². The smallest absolute Gasteiger partial charge is 0.272 e. The van der Waals surface area contributed by atoms with E-state index in [1.54, 1.807) is 22.8 Å². The molecule has 0 radical (unpaired) electrons. The van der Waals surface area contributed by atoms with Crippen LogP contribution in [0, 0.1) is 0 Å². The number of amidine groups is 1. The van der Waals surface area contributed by atoms with Crippen molar-refractivity contribution in [2.75, 3.05) is 19.7 Å². The quantitative estimate of drug-likeness (QED) is 0.304. The summed E-state index contributed by atoms with van der Waals surface area (Å²) in [5, 5.41) is 11.5. The number of oxime groups is 1. The van der Waals surface area contributed by atoms with E-state index in [0.29, 0.717) is 18.8 Å². The second-order valence-electron chi connectivity index (χ2n) is 4.03. The molecular weight excluding hydrogens is 238 g/mol. The fourth-order valence-corrected chi connectivity index (χ4v) is 1.80. The minimum Gasteiger partial charge on any atom is -0.409 e. The van der Waals surface area contributed by atoms with Gasteiger partial charge in [-0.1, -0.05) is 5.16 Å². The Morgan fingerprint density at radius 3 is 3.11 bits per heavy atom. The fraction of sp³-hybridized carbons (Fsp3) is 0.500. The summed E-state index contributed by atoms with van der Waals surface area (Å²) >= 11 is 0. The number of nitrogens with zero attached hydrogens (tertiary/aromatic N) is 4. The Morgan fingerprint density at radius 1 is 1.72 bits per heavy atom. The van der Waals surface area contributed by atoms with Crippen molar-refractivity contribution >= 4 is 11.7 Å². The van der Waals surface area contributed by atoms with Crippen LogP contribution in [0.25, 0.3) is 0 Å². The topological polar surface area (TPSA) is 106 Å². The van der Waals surface area contributed by atoms with E-state index in [1.165, 1.54) is 6.20 Å². The van der Waals surface area contributed by atoms with Crippen molar-refractivity contribution in [2.45, 2.75) is 6.10 Å². The average Bonchev–Trinajstić information content (AvgIpc) is 2.83. The van der Waals surface area contributed by atoms with Gasteiger partial charge in [-0.3, -0.25) is 4.79 Å². The van der Waals surface area contributed by atoms with Gasteiger partial charge in [-0.05, 0) is 0 Å². The molecule has 1 amide bonds. The fourth-order valence-electron chi connectivity index (χ4n) is 1.80. The van der Waals surface area contributed by atoms with Gasteiger partial charge in [0.1, 0.15) is 11.8 Å². The molecule has 8 heteroatoms. The van der Waals surface area contributed by atoms with E-state index >= 15 is 0 Å². The van der Waals surface area contributed by atoms with Crippen molar-refractivity contribution in [3.63, 3.8) is 0 Å². The van der Waals surface area contributed by atoms with Crippen molar-refractivity contribution in [3.05, 3.63) is 18.2 Å². The summed E-state index contributed by atoms with van der Waals surface area (Å²) < 4.78 is 6.98. The number of ether oxygens (including phenoxy) is 1. The van der Waals surface area contributed by atoms with Gasteiger partial charge in [0.25, 0.3) is 5.91 Å². The van der Waals surface area contributed by atoms with Crippen LogP contribution in [0.1, 0.15) is 10.5 Å². The minimum atomic E-state index is -0.569. The summed E-state index contributed by atoms with van der Waals surface area (Å²) in [6, 6.07) is 0. The lowest BCUT2D eigenvalue weighted by molar-refractivity contribution is 0.00631. The van der Waals surface area contributed by atoms with Gasteiger partial charge in [-0.15, -0.1) is 0 Å². The minimum absolute atomic E-state index is 0.0301. The molecule has 2 heterocycles. The highest BCUT2D eigenvalue weighted by molar-refractivity contribution is 5.93. The molecule has 1 atom stereocenters. The molecule has 1 aromatic heterocycles. The second kappa shape index (κ2) is 5.05. The van der Waals surface area contributed by atoms with E-state index in [1.807, 2.05) is 0 Å². The number of imidazole rings is 1. The molecule has 2 rings (SSSR count). The van der Waals surface area contributed by atoms with Gasteiger partial charge in [0.2, 0.25) is 0 Å². The van der Waals surface area contributed by atoms with Crippen LogP contribution in [0.5, 0.6) is 0 Å². The van der Waals surface area contributed by atoms with E-state index in [9.17, 15) is 4.79 Å². The first kappa shape index (κ1) is 12.4. The summed E-state index contributed by atoms with van der Waals surface area (Å²) in [7, 11) is 1.75. The van der Waals surface area contributed by atoms with E-state index in [0.717, 1.165) is 0 Å². The number of aromatic nitrogens is 2. The summed E-state index contributed by atoms with van der Waals surface area (Å²) in [4.78, 5) is 17.7. The molecule has 0 saturated carbocycles. The second-order valence-corrected chi connectivity index (χ2v) is 4.03. The highest BCUT2D eigenvalue weighted by atomic mass is 16.5. The summed E-state index contributed by atoms with van der Waals surface area (Å²) in [6.45, 7) is 1.09. The standard InChI is InChI=1S/C10H15N5O3/c1-14-6-12-4-7(14)10(16)15-2-3-18-8(5-15)9(11)13-17/h4,6,8,17H,2-3,5H2,1H3,(H2,11,13). The number of amides is 1. The third-order valence-corrected chi connectivity index (χ3v) is 2.83. The van der Waals surface area contributed by atoms with Crippen molar-refractivity contribution in [1.29, 1.82) is 0 Å². The lowest BCUT2D eigenvalue weighted by Gasteiger charge is -2.32. The molecule has 0 spiro atoms. The molecular formula is C10H15N5O3. The largest absolute Gasteiger partial charge is 0.409 e. The van der Waals surface area contributed by atoms with Gasteiger partial charge in [-0.25, -0.2) is 4.98 Å². The molecule has 1 aliphatic rings. The first-order valence-corrected chi connectivity index (χ1v) is 5.48. The molecule has 8 nitrogen and oxygen atoms in total. The summed E-state index contributed by atoms with van der Waals surface area (Å²) in [5.74, 6) is -0.174. The molecule has 98 valence electrons. The van der Waals surface area contributed by atoms with Gasteiger partial charge >= 0.3 is 0 Å². The Balaban J connectivity index is 2.10. The maximum Gasteiger partial charge on any atom is 0.272 e. The van der Waals surface area contributed by atoms with Gasteiger partial charge in [0, 0.05) is 13.6 Å². The molecule has 0 aliphatic carbocycles. The van der Waals surface area contributed by atoms with Gasteiger partial charge in [0.15, 0.2) is 5.84 Å². The van der Waals surface area contributed by atoms with E-state index < -0.39 is 6.10 Å². The Morgan fingerprint density at radius 2 is 2.50 bits per heavy atom. The van der Waals surface area contributed by atoms with Crippen molar-refractivity contribution in [2.24, 2.45) is 17.9 Å². The predicted octanol–water partition coefficient (Wildman–Crippen LogP) is -0.992. The maximum absolute atomic E-state index is 12.2. The van der Waals surface area contributed by atoms with Crippen LogP contribution < -0.4 is 5.73 Å². The van der Waals surface area contributed by atoms with Gasteiger partial charge in [-0.2, -0.15) is 0 Å². The predicted molar refractivity (Wildman–Crippen MR) is 62.3 cm³/mol. The van der Waals surface area contributed by atoms with Gasteiger partial charge in [0.05, 0.1) is 25.7 Å². The normalized spacial score (nSPS) is 21.1. The average molecular weight is 253 g/mol. The van der Waals surface area contributed by atoms with Crippen LogP contribution in [0.4, 0.5) is 0 Å². The number of carbonyl (C=O) groups excluding carboxylic acids is 1. The van der Waals surface area contributed by atoms with E-state index in [-0.39, 0.29) is 18.3 Å². The molecule has 3 N–H and O–H groups in total. The number of rotatable bonds is 2. The van der Waals surface area contributed by atoms with Gasteiger partial charge < -0.3 is 25.1 Å². The third-order valence-electron chi connectivity index (χ3n) is 2.83. The number of hydrogen-bond acceptors (Lipinski definition) is 5. The Labute approximate surface area is 104 Å². The first-order valence-electron chi connectivity index (χ1n) is 5.48. The number of morpholine rings is 1. The zero-order valence-electron chi connectivity index (χ0n) is 9.98. The summed E-state index contributed by atoms with van der Waals surface area (Å²) in [5.41, 5.74) is 5.97. The summed E-state index contributed by atoms with van der Waals surface area (Å²) in [6.07, 6.45) is 2.51. The number of nitrogens with two attached hydrogens (primary N) is 1. The lowest BCUT2D eigenvalue weighted by atomic mass is 10.2. The van der Waals surface area contributed by atoms with Crippen LogP contribution in [-0.4, -0.2) is 57.2 Å². The molecule has 1 aliphatic heterocycles. The highest BCUT2D eigenvalue weighted by Crippen LogP contribution is 2.10. The molecule has 18 heavy (non-hydrogen) atoms. The Hall–Kier alpha value is -2.09. The molecule has 0 bridgehead atoms. The monoisotopic (exact) mass is 253 g/mol. The zero-order chi connectivity index (χ0) is 13.1. The molecule has 1 fully saturated rings. The van der Waals surface area contributed by atoms with Crippen LogP contribution in [0.3, 0.4) is 0 Å². The maximum atomic E-state index is 12.2. The Kier molecular flexibility index (Phi) is 3.47. The van der Waals surface area contributed by atoms with Crippen molar-refractivity contribution in [3.8, 4) is 0 Å². The first-order chi connectivity index (χ1) is 8.63. The third kappa shape index (κ3) is 2.28. The van der Waals surface area contributed by atoms with E-state index in [2.05, 4.69) is 10.1 Å². The number of hydrogen-bond donors (Lipinski definition) is 2. The zero-order valence-corrected chi connectivity index (χ0v) is 9.98.